The molecule has 7 nitrogen and oxygen atoms in total. The maximum absolute atomic E-state index is 12.5. The maximum atomic E-state index is 12.5. The second-order valence-corrected chi connectivity index (χ2v) is 8.87. The summed E-state index contributed by atoms with van der Waals surface area (Å²) in [6.07, 6.45) is 5.09. The number of fused-ring (bicyclic) bond motifs is 1. The highest BCUT2D eigenvalue weighted by molar-refractivity contribution is 6.30. The van der Waals surface area contributed by atoms with Crippen molar-refractivity contribution in [2.24, 2.45) is 0 Å². The van der Waals surface area contributed by atoms with E-state index in [9.17, 15) is 9.59 Å². The van der Waals surface area contributed by atoms with Gasteiger partial charge in [-0.05, 0) is 44.9 Å². The number of nitrogens with zero attached hydrogens (tertiary/aromatic N) is 4. The molecule has 0 unspecified atom stereocenters. The molecule has 3 heterocycles. The molecule has 31 heavy (non-hydrogen) atoms. The van der Waals surface area contributed by atoms with Crippen LogP contribution in [0.5, 0.6) is 0 Å². The van der Waals surface area contributed by atoms with Crippen LogP contribution in [0.4, 0.5) is 5.82 Å². The first-order valence-electron chi connectivity index (χ1n) is 11.2. The van der Waals surface area contributed by atoms with Crippen LogP contribution in [-0.2, 0) is 16.1 Å². The molecule has 1 atom stereocenters. The van der Waals surface area contributed by atoms with Gasteiger partial charge in [0.05, 0.1) is 12.2 Å². The third-order valence-electron chi connectivity index (χ3n) is 6.18. The molecule has 1 aromatic carbocycles. The number of hydrogen-bond donors (Lipinski definition) is 1. The number of anilines is 1. The molecule has 0 spiro atoms. The fourth-order valence-electron chi connectivity index (χ4n) is 4.41. The van der Waals surface area contributed by atoms with Gasteiger partial charge in [0, 0.05) is 42.2 Å². The Morgan fingerprint density at radius 2 is 2.13 bits per heavy atom. The van der Waals surface area contributed by atoms with Crippen LogP contribution >= 0.6 is 11.6 Å². The summed E-state index contributed by atoms with van der Waals surface area (Å²) >= 11 is 6.10. The molecule has 1 saturated heterocycles. The predicted octanol–water partition coefficient (Wildman–Crippen LogP) is 3.32. The lowest BCUT2D eigenvalue weighted by Gasteiger charge is -2.33. The van der Waals surface area contributed by atoms with Gasteiger partial charge in [-0.1, -0.05) is 30.2 Å². The fourth-order valence-corrected chi connectivity index (χ4v) is 4.60. The smallest absolute Gasteiger partial charge is 0.240 e. The zero-order chi connectivity index (χ0) is 21.8. The molecular formula is C23H30ClN5O2. The molecule has 1 aromatic heterocycles. The van der Waals surface area contributed by atoms with Gasteiger partial charge in [-0.25, -0.2) is 4.68 Å². The van der Waals surface area contributed by atoms with Crippen molar-refractivity contribution < 1.29 is 9.59 Å². The fraction of sp³-hybridized carbons (Fsp3) is 0.522. The molecule has 4 rings (SSSR count). The first-order valence-corrected chi connectivity index (χ1v) is 11.5. The van der Waals surface area contributed by atoms with E-state index in [0.29, 0.717) is 36.4 Å². The number of aryl methyl sites for hydroxylation is 1. The first-order chi connectivity index (χ1) is 15.0. The summed E-state index contributed by atoms with van der Waals surface area (Å²) in [5.74, 6) is 0.463. The minimum Gasteiger partial charge on any atom is -0.354 e. The number of amides is 2. The number of hydrogen-bond acceptors (Lipinski definition) is 4. The Balaban J connectivity index is 1.34. The normalized spacial score (nSPS) is 19.4. The molecule has 0 radical (unpaired) electrons. The quantitative estimate of drug-likeness (QED) is 0.666. The van der Waals surface area contributed by atoms with Crippen molar-refractivity contribution in [1.29, 1.82) is 0 Å². The van der Waals surface area contributed by atoms with Gasteiger partial charge in [0.25, 0.3) is 0 Å². The van der Waals surface area contributed by atoms with E-state index in [2.05, 4.69) is 22.2 Å². The van der Waals surface area contributed by atoms with Crippen molar-refractivity contribution in [3.8, 4) is 11.3 Å². The van der Waals surface area contributed by atoms with Crippen LogP contribution in [0.3, 0.4) is 0 Å². The molecule has 0 aliphatic carbocycles. The number of rotatable bonds is 7. The van der Waals surface area contributed by atoms with Crippen molar-refractivity contribution in [2.45, 2.75) is 51.6 Å². The maximum Gasteiger partial charge on any atom is 0.240 e. The highest BCUT2D eigenvalue weighted by Crippen LogP contribution is 2.29. The SMILES string of the molecule is C[C@H]1CCCCN1CCCNC(=O)CN1C(=O)CCn2nc(-c3cccc(Cl)c3)cc21. The second-order valence-electron chi connectivity index (χ2n) is 8.44. The summed E-state index contributed by atoms with van der Waals surface area (Å²) < 4.78 is 1.79. The second kappa shape index (κ2) is 9.83. The van der Waals surface area contributed by atoms with Gasteiger partial charge < -0.3 is 10.2 Å². The largest absolute Gasteiger partial charge is 0.354 e. The average molecular weight is 444 g/mol. The zero-order valence-electron chi connectivity index (χ0n) is 18.0. The Bertz CT molecular complexity index is 944. The molecule has 2 aliphatic rings. The lowest BCUT2D eigenvalue weighted by atomic mass is 10.0. The van der Waals surface area contributed by atoms with Crippen molar-refractivity contribution in [3.63, 3.8) is 0 Å². The Morgan fingerprint density at radius 3 is 2.94 bits per heavy atom. The van der Waals surface area contributed by atoms with E-state index in [1.165, 1.54) is 24.2 Å². The summed E-state index contributed by atoms with van der Waals surface area (Å²) in [5.41, 5.74) is 1.63. The van der Waals surface area contributed by atoms with E-state index in [-0.39, 0.29) is 18.4 Å². The number of carbonyl (C=O) groups is 2. The van der Waals surface area contributed by atoms with E-state index in [0.717, 1.165) is 30.8 Å². The predicted molar refractivity (Wildman–Crippen MR) is 122 cm³/mol. The minimum absolute atomic E-state index is 0.0135. The third kappa shape index (κ3) is 5.28. The molecule has 2 aliphatic heterocycles. The van der Waals surface area contributed by atoms with E-state index < -0.39 is 0 Å². The molecule has 1 fully saturated rings. The van der Waals surface area contributed by atoms with Crippen molar-refractivity contribution in [3.05, 3.63) is 35.4 Å². The number of benzene rings is 1. The van der Waals surface area contributed by atoms with Crippen LogP contribution in [-0.4, -0.2) is 58.7 Å². The van der Waals surface area contributed by atoms with E-state index >= 15 is 0 Å². The molecule has 166 valence electrons. The summed E-state index contributed by atoms with van der Waals surface area (Å²) in [6.45, 7) is 5.58. The minimum atomic E-state index is -0.140. The highest BCUT2D eigenvalue weighted by atomic mass is 35.5. The van der Waals surface area contributed by atoms with Crippen LogP contribution < -0.4 is 10.2 Å². The van der Waals surface area contributed by atoms with Gasteiger partial charge >= 0.3 is 0 Å². The Morgan fingerprint density at radius 1 is 1.26 bits per heavy atom. The van der Waals surface area contributed by atoms with Crippen molar-refractivity contribution in [2.75, 3.05) is 31.1 Å². The standard InChI is InChI=1S/C23H30ClN5O2/c1-17-6-2-3-11-27(17)12-5-10-25-21(30)16-28-22-15-20(18-7-4-8-19(24)14-18)26-29(22)13-9-23(28)31/h4,7-8,14-15,17H,2-3,5-6,9-13,16H2,1H3,(H,25,30)/t17-/m0/s1. The van der Waals surface area contributed by atoms with E-state index in [1.54, 1.807) is 4.68 Å². The molecule has 0 bridgehead atoms. The summed E-state index contributed by atoms with van der Waals surface area (Å²) in [6, 6.07) is 9.95. The van der Waals surface area contributed by atoms with Crippen molar-refractivity contribution in [1.82, 2.24) is 20.0 Å². The van der Waals surface area contributed by atoms with Gasteiger partial charge in [-0.3, -0.25) is 14.5 Å². The summed E-state index contributed by atoms with van der Waals surface area (Å²) in [5, 5.41) is 8.22. The van der Waals surface area contributed by atoms with Crippen LogP contribution in [0.2, 0.25) is 5.02 Å². The summed E-state index contributed by atoms with van der Waals surface area (Å²) in [7, 11) is 0. The monoisotopic (exact) mass is 443 g/mol. The highest BCUT2D eigenvalue weighted by Gasteiger charge is 2.28. The number of nitrogens with one attached hydrogen (secondary N) is 1. The van der Waals surface area contributed by atoms with Crippen LogP contribution in [0.25, 0.3) is 11.3 Å². The summed E-state index contributed by atoms with van der Waals surface area (Å²) in [4.78, 5) is 29.1. The number of carbonyl (C=O) groups excluding carboxylic acids is 2. The average Bonchev–Trinajstić information content (AvgIpc) is 3.19. The van der Waals surface area contributed by atoms with E-state index in [1.807, 2.05) is 30.3 Å². The number of halogens is 1. The zero-order valence-corrected chi connectivity index (χ0v) is 18.8. The third-order valence-corrected chi connectivity index (χ3v) is 6.42. The van der Waals surface area contributed by atoms with Crippen LogP contribution in [0.15, 0.2) is 30.3 Å². The van der Waals surface area contributed by atoms with Gasteiger partial charge in [-0.2, -0.15) is 5.10 Å². The number of likely N-dealkylation sites (tertiary alicyclic amines) is 1. The topological polar surface area (TPSA) is 70.5 Å². The molecule has 2 aromatic rings. The van der Waals surface area contributed by atoms with Crippen molar-refractivity contribution >= 4 is 29.2 Å². The van der Waals surface area contributed by atoms with E-state index in [4.69, 9.17) is 11.6 Å². The van der Waals surface area contributed by atoms with Crippen LogP contribution in [0.1, 0.15) is 39.0 Å². The molecule has 8 heteroatoms. The lowest BCUT2D eigenvalue weighted by Crippen LogP contribution is -2.45. The van der Waals surface area contributed by atoms with Gasteiger partial charge in [0.1, 0.15) is 12.4 Å². The Hall–Kier alpha value is -2.38. The molecule has 1 N–H and O–H groups in total. The number of piperidine rings is 1. The Kier molecular flexibility index (Phi) is 6.92. The molecule has 2 amide bonds. The van der Waals surface area contributed by atoms with Crippen LogP contribution in [0, 0.1) is 0 Å². The lowest BCUT2D eigenvalue weighted by molar-refractivity contribution is -0.124. The van der Waals surface area contributed by atoms with Gasteiger partial charge in [-0.15, -0.1) is 0 Å². The first kappa shape index (κ1) is 21.8. The van der Waals surface area contributed by atoms with Gasteiger partial charge in [0.2, 0.25) is 11.8 Å². The Labute approximate surface area is 188 Å². The van der Waals surface area contributed by atoms with Gasteiger partial charge in [0.15, 0.2) is 0 Å². The molecule has 0 saturated carbocycles. The molecular weight excluding hydrogens is 414 g/mol. The number of aromatic nitrogens is 2.